The summed E-state index contributed by atoms with van der Waals surface area (Å²) in [5, 5.41) is 2.32. The fraction of sp³-hybridized carbons (Fsp3) is 0.0455. The number of para-hydroxylation sites is 2. The van der Waals surface area contributed by atoms with Gasteiger partial charge in [0.1, 0.15) is 5.82 Å². The highest BCUT2D eigenvalue weighted by Crippen LogP contribution is 2.44. The number of allylic oxidation sites excluding steroid dienone is 1. The fourth-order valence-electron chi connectivity index (χ4n) is 3.99. The average Bonchev–Trinajstić information content (AvgIpc) is 3.44. The van der Waals surface area contributed by atoms with E-state index in [-0.39, 0.29) is 0 Å². The Bertz CT molecular complexity index is 1130. The first-order chi connectivity index (χ1) is 12.8. The number of hydrogen-bond donors (Lipinski definition) is 3. The Morgan fingerprint density at radius 1 is 0.808 bits per heavy atom. The molecule has 0 bridgehead atoms. The number of aromatic nitrogens is 4. The third-order valence-electron chi connectivity index (χ3n) is 5.21. The quantitative estimate of drug-likeness (QED) is 0.401. The van der Waals surface area contributed by atoms with E-state index in [1.807, 2.05) is 24.4 Å². The molecular formula is C22H18N4. The molecule has 4 nitrogen and oxygen atoms in total. The van der Waals surface area contributed by atoms with Crippen LogP contribution in [0, 0.1) is 0 Å². The minimum atomic E-state index is -0.595. The van der Waals surface area contributed by atoms with Crippen LogP contribution in [0.1, 0.15) is 17.0 Å². The molecule has 0 unspecified atom stereocenters. The molecule has 0 amide bonds. The van der Waals surface area contributed by atoms with E-state index in [9.17, 15) is 0 Å². The van der Waals surface area contributed by atoms with E-state index >= 15 is 0 Å². The van der Waals surface area contributed by atoms with Gasteiger partial charge in [0.05, 0.1) is 5.41 Å². The summed E-state index contributed by atoms with van der Waals surface area (Å²) in [5.41, 5.74) is 3.86. The van der Waals surface area contributed by atoms with Gasteiger partial charge in [-0.2, -0.15) is 0 Å². The van der Waals surface area contributed by atoms with Crippen molar-refractivity contribution in [2.75, 3.05) is 0 Å². The van der Waals surface area contributed by atoms with Crippen LogP contribution < -0.4 is 0 Å². The molecule has 0 aliphatic heterocycles. The molecular weight excluding hydrogens is 320 g/mol. The largest absolute Gasteiger partial charge is 0.361 e. The molecule has 0 saturated heterocycles. The summed E-state index contributed by atoms with van der Waals surface area (Å²) in [6.07, 6.45) is 9.76. The first-order valence-electron chi connectivity index (χ1n) is 8.61. The van der Waals surface area contributed by atoms with Crippen LogP contribution in [-0.2, 0) is 5.41 Å². The van der Waals surface area contributed by atoms with E-state index in [1.54, 1.807) is 6.20 Å². The molecule has 0 atom stereocenters. The molecule has 0 saturated carbocycles. The summed E-state index contributed by atoms with van der Waals surface area (Å²) in [6, 6.07) is 16.6. The molecule has 26 heavy (non-hydrogen) atoms. The van der Waals surface area contributed by atoms with Crippen LogP contribution in [0.2, 0.25) is 0 Å². The number of rotatable bonds is 4. The third kappa shape index (κ3) is 1.87. The zero-order chi connectivity index (χ0) is 17.6. The average molecular weight is 338 g/mol. The smallest absolute Gasteiger partial charge is 0.125 e. The standard InChI is InChI=1S/C22H18N4/c1-2-22(21-23-11-12-24-21,17-13-25-19-9-5-3-7-15(17)19)18-14-26-20-10-6-4-8-16(18)20/h2-14,25-26H,1H2,(H,23,24). The predicted molar refractivity (Wildman–Crippen MR) is 105 cm³/mol. The van der Waals surface area contributed by atoms with Crippen LogP contribution in [-0.4, -0.2) is 19.9 Å². The van der Waals surface area contributed by atoms with E-state index in [4.69, 9.17) is 0 Å². The first kappa shape index (κ1) is 14.8. The zero-order valence-electron chi connectivity index (χ0n) is 14.2. The lowest BCUT2D eigenvalue weighted by atomic mass is 9.73. The Balaban J connectivity index is 1.92. The van der Waals surface area contributed by atoms with Gasteiger partial charge in [0.2, 0.25) is 0 Å². The molecule has 3 N–H and O–H groups in total. The summed E-state index contributed by atoms with van der Waals surface area (Å²) in [4.78, 5) is 14.8. The number of nitrogens with one attached hydrogen (secondary N) is 3. The number of imidazole rings is 1. The molecule has 126 valence electrons. The first-order valence-corrected chi connectivity index (χ1v) is 8.61. The number of fused-ring (bicyclic) bond motifs is 2. The lowest BCUT2D eigenvalue weighted by Gasteiger charge is -2.28. The van der Waals surface area contributed by atoms with Crippen molar-refractivity contribution in [3.63, 3.8) is 0 Å². The van der Waals surface area contributed by atoms with Gasteiger partial charge >= 0.3 is 0 Å². The number of aromatic amines is 3. The van der Waals surface area contributed by atoms with Crippen LogP contribution in [0.4, 0.5) is 0 Å². The highest BCUT2D eigenvalue weighted by molar-refractivity contribution is 5.91. The van der Waals surface area contributed by atoms with E-state index in [0.29, 0.717) is 0 Å². The lowest BCUT2D eigenvalue weighted by Crippen LogP contribution is -2.27. The number of nitrogens with zero attached hydrogens (tertiary/aromatic N) is 1. The van der Waals surface area contributed by atoms with Crippen molar-refractivity contribution in [1.82, 2.24) is 19.9 Å². The van der Waals surface area contributed by atoms with Crippen LogP contribution in [0.15, 0.2) is 86.0 Å². The highest BCUT2D eigenvalue weighted by Gasteiger charge is 2.39. The molecule has 5 aromatic rings. The monoisotopic (exact) mass is 338 g/mol. The second kappa shape index (κ2) is 5.49. The van der Waals surface area contributed by atoms with Gasteiger partial charge in [-0.05, 0) is 23.3 Å². The molecule has 4 heteroatoms. The molecule has 3 heterocycles. The Labute approximate surface area is 150 Å². The minimum Gasteiger partial charge on any atom is -0.361 e. The van der Waals surface area contributed by atoms with Crippen molar-refractivity contribution >= 4 is 21.8 Å². The van der Waals surface area contributed by atoms with Crippen molar-refractivity contribution in [2.24, 2.45) is 0 Å². The normalized spacial score (nSPS) is 12.0. The van der Waals surface area contributed by atoms with Crippen molar-refractivity contribution in [3.05, 3.63) is 103 Å². The molecule has 3 aromatic heterocycles. The van der Waals surface area contributed by atoms with Gasteiger partial charge < -0.3 is 15.0 Å². The van der Waals surface area contributed by atoms with Crippen molar-refractivity contribution in [2.45, 2.75) is 5.41 Å². The molecule has 0 aliphatic rings. The van der Waals surface area contributed by atoms with Gasteiger partial charge in [-0.1, -0.05) is 42.5 Å². The van der Waals surface area contributed by atoms with Gasteiger partial charge in [0, 0.05) is 46.6 Å². The van der Waals surface area contributed by atoms with Gasteiger partial charge in [-0.15, -0.1) is 6.58 Å². The summed E-state index contributed by atoms with van der Waals surface area (Å²) in [7, 11) is 0. The van der Waals surface area contributed by atoms with Crippen LogP contribution >= 0.6 is 0 Å². The molecule has 0 spiro atoms. The molecule has 0 fully saturated rings. The van der Waals surface area contributed by atoms with Crippen molar-refractivity contribution in [3.8, 4) is 0 Å². The molecule has 0 radical (unpaired) electrons. The summed E-state index contributed by atoms with van der Waals surface area (Å²) in [6.45, 7) is 4.23. The van der Waals surface area contributed by atoms with Gasteiger partial charge in [0.15, 0.2) is 0 Å². The predicted octanol–water partition coefficient (Wildman–Crippen LogP) is 4.89. The Hall–Kier alpha value is -3.53. The second-order valence-corrected chi connectivity index (χ2v) is 6.45. The van der Waals surface area contributed by atoms with Gasteiger partial charge in [-0.25, -0.2) is 4.98 Å². The van der Waals surface area contributed by atoms with Crippen LogP contribution in [0.3, 0.4) is 0 Å². The van der Waals surface area contributed by atoms with E-state index in [1.165, 1.54) is 0 Å². The highest BCUT2D eigenvalue weighted by atomic mass is 14.9. The summed E-state index contributed by atoms with van der Waals surface area (Å²) < 4.78 is 0. The minimum absolute atomic E-state index is 0.595. The SMILES string of the molecule is C=CC(c1ncc[nH]1)(c1c[nH]c2ccccc12)c1c[nH]c2ccccc12. The molecule has 5 rings (SSSR count). The number of H-pyrrole nitrogens is 3. The van der Waals surface area contributed by atoms with E-state index in [0.717, 1.165) is 38.8 Å². The number of benzene rings is 2. The second-order valence-electron chi connectivity index (χ2n) is 6.45. The maximum Gasteiger partial charge on any atom is 0.125 e. The maximum atomic E-state index is 4.63. The van der Waals surface area contributed by atoms with Gasteiger partial charge in [0.25, 0.3) is 0 Å². The fourth-order valence-corrected chi connectivity index (χ4v) is 3.99. The van der Waals surface area contributed by atoms with Gasteiger partial charge in [-0.3, -0.25) is 0 Å². The van der Waals surface area contributed by atoms with E-state index < -0.39 is 5.41 Å². The Morgan fingerprint density at radius 2 is 1.38 bits per heavy atom. The van der Waals surface area contributed by atoms with E-state index in [2.05, 4.69) is 75.3 Å². The number of hydrogen-bond acceptors (Lipinski definition) is 1. The summed E-state index contributed by atoms with van der Waals surface area (Å²) in [5.74, 6) is 0.849. The Morgan fingerprint density at radius 3 is 1.88 bits per heavy atom. The van der Waals surface area contributed by atoms with Crippen molar-refractivity contribution < 1.29 is 0 Å². The molecule has 2 aromatic carbocycles. The molecule has 0 aliphatic carbocycles. The van der Waals surface area contributed by atoms with Crippen LogP contribution in [0.25, 0.3) is 21.8 Å². The third-order valence-corrected chi connectivity index (χ3v) is 5.21. The van der Waals surface area contributed by atoms with Crippen molar-refractivity contribution in [1.29, 1.82) is 0 Å². The summed E-state index contributed by atoms with van der Waals surface area (Å²) >= 11 is 0. The van der Waals surface area contributed by atoms with Crippen LogP contribution in [0.5, 0.6) is 0 Å². The lowest BCUT2D eigenvalue weighted by molar-refractivity contribution is 0.734. The topological polar surface area (TPSA) is 60.3 Å². The maximum absolute atomic E-state index is 4.63. The zero-order valence-corrected chi connectivity index (χ0v) is 14.2. The Kier molecular flexibility index (Phi) is 3.12.